The first kappa shape index (κ1) is 19.5. The molecule has 2 amide bonds. The summed E-state index contributed by atoms with van der Waals surface area (Å²) in [6.45, 7) is 2.76. The molecule has 2 saturated heterocycles. The molecule has 0 spiro atoms. The van der Waals surface area contributed by atoms with Crippen molar-refractivity contribution in [2.24, 2.45) is 0 Å². The Kier molecular flexibility index (Phi) is 6.79. The third kappa shape index (κ3) is 5.12. The first-order valence-corrected chi connectivity index (χ1v) is 10.1. The lowest BCUT2D eigenvalue weighted by Crippen LogP contribution is -2.46. The van der Waals surface area contributed by atoms with Gasteiger partial charge in [-0.15, -0.1) is 0 Å². The quantitative estimate of drug-likeness (QED) is 0.840. The summed E-state index contributed by atoms with van der Waals surface area (Å²) in [4.78, 5) is 29.3. The molecule has 0 radical (unpaired) electrons. The van der Waals surface area contributed by atoms with Crippen LogP contribution in [0.5, 0.6) is 0 Å². The Morgan fingerprint density at radius 2 is 1.62 bits per heavy atom. The monoisotopic (exact) mass is 397 g/mol. The number of nitrogens with zero attached hydrogens (tertiary/aromatic N) is 2. The molecule has 1 atom stereocenters. The summed E-state index contributed by atoms with van der Waals surface area (Å²) in [6.07, 6.45) is 6.22. The van der Waals surface area contributed by atoms with Crippen molar-refractivity contribution in [1.29, 1.82) is 0 Å². The number of amides is 2. The van der Waals surface area contributed by atoms with Crippen LogP contribution in [-0.2, 0) is 9.59 Å². The van der Waals surface area contributed by atoms with Gasteiger partial charge in [0.15, 0.2) is 0 Å². The van der Waals surface area contributed by atoms with Crippen molar-refractivity contribution in [1.82, 2.24) is 9.80 Å². The first-order valence-electron chi connectivity index (χ1n) is 9.32. The molecule has 2 fully saturated rings. The fraction of sp³-hybridized carbons (Fsp3) is 0.579. The predicted octanol–water partition coefficient (Wildman–Crippen LogP) is 3.80. The van der Waals surface area contributed by atoms with Crippen LogP contribution in [0.3, 0.4) is 0 Å². The number of hydrogen-bond donors (Lipinski definition) is 1. The van der Waals surface area contributed by atoms with Gasteiger partial charge in [-0.25, -0.2) is 0 Å². The number of halogens is 2. The standard InChI is InChI=1S/C19H25Cl2N3O2/c20-14-10-15(21)12-16(11-14)22-19(26)17-6-5-9-24(17)13-18(25)23-7-3-1-2-4-8-23/h10-12,17H,1-9,13H2,(H,22,26). The fourth-order valence-corrected chi connectivity index (χ4v) is 4.28. The second-order valence-corrected chi connectivity index (χ2v) is 7.94. The molecule has 3 rings (SSSR count). The Labute approximate surface area is 164 Å². The summed E-state index contributed by atoms with van der Waals surface area (Å²) < 4.78 is 0. The van der Waals surface area contributed by atoms with E-state index in [1.165, 1.54) is 12.8 Å². The highest BCUT2D eigenvalue weighted by Gasteiger charge is 2.33. The fourth-order valence-electron chi connectivity index (χ4n) is 3.76. The number of likely N-dealkylation sites (tertiary alicyclic amines) is 2. The highest BCUT2D eigenvalue weighted by molar-refractivity contribution is 6.35. The number of anilines is 1. The maximum Gasteiger partial charge on any atom is 0.241 e. The van der Waals surface area contributed by atoms with Crippen LogP contribution in [0.2, 0.25) is 10.0 Å². The smallest absolute Gasteiger partial charge is 0.241 e. The molecule has 26 heavy (non-hydrogen) atoms. The molecule has 0 bridgehead atoms. The van der Waals surface area contributed by atoms with E-state index in [0.29, 0.717) is 22.3 Å². The molecule has 0 aliphatic carbocycles. The maximum absolute atomic E-state index is 12.7. The number of carbonyl (C=O) groups is 2. The molecule has 2 aliphatic rings. The van der Waals surface area contributed by atoms with E-state index >= 15 is 0 Å². The normalized spacial score (nSPS) is 21.5. The van der Waals surface area contributed by atoms with Crippen LogP contribution in [0.4, 0.5) is 5.69 Å². The Morgan fingerprint density at radius 3 is 2.27 bits per heavy atom. The minimum atomic E-state index is -0.288. The van der Waals surface area contributed by atoms with Crippen molar-refractivity contribution in [2.75, 3.05) is 31.5 Å². The molecule has 0 aromatic heterocycles. The number of hydrogen-bond acceptors (Lipinski definition) is 3. The van der Waals surface area contributed by atoms with E-state index in [9.17, 15) is 9.59 Å². The minimum Gasteiger partial charge on any atom is -0.342 e. The lowest BCUT2D eigenvalue weighted by atomic mass is 10.2. The van der Waals surface area contributed by atoms with Crippen LogP contribution in [0.15, 0.2) is 18.2 Å². The van der Waals surface area contributed by atoms with Crippen LogP contribution < -0.4 is 5.32 Å². The van der Waals surface area contributed by atoms with Gasteiger partial charge in [-0.3, -0.25) is 14.5 Å². The zero-order chi connectivity index (χ0) is 18.5. The van der Waals surface area contributed by atoms with Crippen molar-refractivity contribution in [3.05, 3.63) is 28.2 Å². The number of rotatable bonds is 4. The summed E-state index contributed by atoms with van der Waals surface area (Å²) in [6, 6.07) is 4.68. The maximum atomic E-state index is 12.7. The Hall–Kier alpha value is -1.30. The topological polar surface area (TPSA) is 52.7 Å². The summed E-state index contributed by atoms with van der Waals surface area (Å²) in [7, 11) is 0. The van der Waals surface area contributed by atoms with E-state index in [0.717, 1.165) is 45.3 Å². The van der Waals surface area contributed by atoms with E-state index < -0.39 is 0 Å². The van der Waals surface area contributed by atoms with Crippen molar-refractivity contribution in [2.45, 2.75) is 44.6 Å². The molecular formula is C19H25Cl2N3O2. The summed E-state index contributed by atoms with van der Waals surface area (Å²) >= 11 is 12.0. The van der Waals surface area contributed by atoms with Crippen LogP contribution in [0.1, 0.15) is 38.5 Å². The van der Waals surface area contributed by atoms with Gasteiger partial charge in [0.05, 0.1) is 12.6 Å². The molecule has 7 heteroatoms. The number of carbonyl (C=O) groups excluding carboxylic acids is 2. The average Bonchev–Trinajstić information content (AvgIpc) is 2.86. The van der Waals surface area contributed by atoms with E-state index in [1.807, 2.05) is 9.80 Å². The molecule has 0 saturated carbocycles. The van der Waals surface area contributed by atoms with E-state index in [4.69, 9.17) is 23.2 Å². The molecule has 5 nitrogen and oxygen atoms in total. The molecule has 1 aromatic rings. The van der Waals surface area contributed by atoms with Gasteiger partial charge in [-0.05, 0) is 50.4 Å². The van der Waals surface area contributed by atoms with Gasteiger partial charge in [-0.1, -0.05) is 36.0 Å². The molecule has 1 aromatic carbocycles. The third-order valence-electron chi connectivity index (χ3n) is 5.09. The Morgan fingerprint density at radius 1 is 0.962 bits per heavy atom. The van der Waals surface area contributed by atoms with Crippen LogP contribution in [0.25, 0.3) is 0 Å². The first-order chi connectivity index (χ1) is 12.5. The lowest BCUT2D eigenvalue weighted by molar-refractivity contribution is -0.133. The van der Waals surface area contributed by atoms with Crippen LogP contribution in [0, 0.1) is 0 Å². The predicted molar refractivity (Wildman–Crippen MR) is 105 cm³/mol. The van der Waals surface area contributed by atoms with Gasteiger partial charge >= 0.3 is 0 Å². The summed E-state index contributed by atoms with van der Waals surface area (Å²) in [5.41, 5.74) is 0.582. The number of nitrogens with one attached hydrogen (secondary N) is 1. The van der Waals surface area contributed by atoms with E-state index in [1.54, 1.807) is 18.2 Å². The third-order valence-corrected chi connectivity index (χ3v) is 5.53. The molecule has 1 N–H and O–H groups in total. The second-order valence-electron chi connectivity index (χ2n) is 7.07. The van der Waals surface area contributed by atoms with Gasteiger partial charge in [-0.2, -0.15) is 0 Å². The molecule has 1 unspecified atom stereocenters. The summed E-state index contributed by atoms with van der Waals surface area (Å²) in [5.74, 6) is 0.0295. The minimum absolute atomic E-state index is 0.107. The van der Waals surface area contributed by atoms with Gasteiger partial charge in [0, 0.05) is 28.8 Å². The van der Waals surface area contributed by atoms with Crippen molar-refractivity contribution >= 4 is 40.7 Å². The molecular weight excluding hydrogens is 373 g/mol. The Balaban J connectivity index is 1.59. The molecule has 142 valence electrons. The van der Waals surface area contributed by atoms with Gasteiger partial charge < -0.3 is 10.2 Å². The highest BCUT2D eigenvalue weighted by Crippen LogP contribution is 2.24. The zero-order valence-corrected chi connectivity index (χ0v) is 16.4. The SMILES string of the molecule is O=C(Nc1cc(Cl)cc(Cl)c1)C1CCCN1CC(=O)N1CCCCCC1. The summed E-state index contributed by atoms with van der Waals surface area (Å²) in [5, 5.41) is 3.84. The van der Waals surface area contributed by atoms with Gasteiger partial charge in [0.25, 0.3) is 0 Å². The van der Waals surface area contributed by atoms with Crippen LogP contribution in [-0.4, -0.2) is 53.8 Å². The molecule has 2 aliphatic heterocycles. The second kappa shape index (κ2) is 9.07. The van der Waals surface area contributed by atoms with Crippen molar-refractivity contribution in [3.8, 4) is 0 Å². The number of benzene rings is 1. The van der Waals surface area contributed by atoms with Gasteiger partial charge in [0.2, 0.25) is 11.8 Å². The van der Waals surface area contributed by atoms with E-state index in [-0.39, 0.29) is 17.9 Å². The van der Waals surface area contributed by atoms with Gasteiger partial charge in [0.1, 0.15) is 0 Å². The van der Waals surface area contributed by atoms with E-state index in [2.05, 4.69) is 5.32 Å². The average molecular weight is 398 g/mol. The Bertz CT molecular complexity index is 640. The van der Waals surface area contributed by atoms with Crippen LogP contribution >= 0.6 is 23.2 Å². The highest BCUT2D eigenvalue weighted by atomic mass is 35.5. The van der Waals surface area contributed by atoms with Crippen molar-refractivity contribution < 1.29 is 9.59 Å². The van der Waals surface area contributed by atoms with Crippen molar-refractivity contribution in [3.63, 3.8) is 0 Å². The lowest BCUT2D eigenvalue weighted by Gasteiger charge is -2.27. The largest absolute Gasteiger partial charge is 0.342 e. The molecule has 2 heterocycles. The zero-order valence-electron chi connectivity index (χ0n) is 14.8.